The van der Waals surface area contributed by atoms with Crippen LogP contribution in [0.4, 0.5) is 4.39 Å². The van der Waals surface area contributed by atoms with Crippen LogP contribution in [0, 0.1) is 5.82 Å². The van der Waals surface area contributed by atoms with Gasteiger partial charge in [-0.15, -0.1) is 0 Å². The van der Waals surface area contributed by atoms with Crippen LogP contribution in [0.2, 0.25) is 0 Å². The van der Waals surface area contributed by atoms with Gasteiger partial charge in [0.15, 0.2) is 0 Å². The zero-order chi connectivity index (χ0) is 16.7. The van der Waals surface area contributed by atoms with E-state index in [1.165, 1.54) is 13.2 Å². The number of amides is 2. The van der Waals surface area contributed by atoms with Gasteiger partial charge in [-0.2, -0.15) is 0 Å². The Bertz CT molecular complexity index is 550. The largest absolute Gasteiger partial charge is 0.372 e. The summed E-state index contributed by atoms with van der Waals surface area (Å²) in [6.45, 7) is 0.935. The first kappa shape index (κ1) is 17.4. The van der Waals surface area contributed by atoms with Gasteiger partial charge in [0.05, 0.1) is 6.54 Å². The maximum absolute atomic E-state index is 13.5. The molecule has 0 spiro atoms. The lowest BCUT2D eigenvalue weighted by Crippen LogP contribution is -2.45. The van der Waals surface area contributed by atoms with Crippen LogP contribution in [0.3, 0.4) is 0 Å². The highest BCUT2D eigenvalue weighted by atomic mass is 19.1. The second-order valence-corrected chi connectivity index (χ2v) is 5.67. The number of likely N-dealkylation sites (tertiary alicyclic amines) is 1. The molecule has 1 heterocycles. The van der Waals surface area contributed by atoms with Crippen LogP contribution in [-0.4, -0.2) is 49.6 Å². The van der Waals surface area contributed by atoms with E-state index in [0.29, 0.717) is 31.5 Å². The number of nitrogens with one attached hydrogen (secondary N) is 1. The summed E-state index contributed by atoms with van der Waals surface area (Å²) < 4.78 is 18.7. The summed E-state index contributed by atoms with van der Waals surface area (Å²) in [4.78, 5) is 25.8. The lowest BCUT2D eigenvalue weighted by atomic mass is 10.1. The summed E-state index contributed by atoms with van der Waals surface area (Å²) >= 11 is 0. The van der Waals surface area contributed by atoms with Crippen LogP contribution >= 0.6 is 0 Å². The Balaban J connectivity index is 1.79. The molecular weight excluding hydrogens is 299 g/mol. The lowest BCUT2D eigenvalue weighted by Gasteiger charge is -2.23. The second kappa shape index (κ2) is 8.62. The van der Waals surface area contributed by atoms with E-state index in [4.69, 9.17) is 4.74 Å². The molecule has 1 atom stereocenters. The van der Waals surface area contributed by atoms with Gasteiger partial charge in [0.1, 0.15) is 11.9 Å². The van der Waals surface area contributed by atoms with Crippen molar-refractivity contribution in [3.63, 3.8) is 0 Å². The number of hydrogen-bond donors (Lipinski definition) is 1. The zero-order valence-electron chi connectivity index (χ0n) is 13.4. The number of carbonyl (C=O) groups excluding carboxylic acids is 2. The SMILES string of the molecule is COC1CCCCN(CC(=O)NCCc2ccccc2F)C1=O. The molecule has 2 amide bonds. The number of rotatable bonds is 6. The first-order chi connectivity index (χ1) is 11.1. The molecule has 0 aromatic heterocycles. The maximum atomic E-state index is 13.5. The number of nitrogens with zero attached hydrogens (tertiary/aromatic N) is 1. The minimum atomic E-state index is -0.455. The summed E-state index contributed by atoms with van der Waals surface area (Å²) in [6, 6.07) is 6.50. The third-order valence-electron chi connectivity index (χ3n) is 4.02. The smallest absolute Gasteiger partial charge is 0.252 e. The molecule has 1 aromatic rings. The van der Waals surface area contributed by atoms with Gasteiger partial charge in [0, 0.05) is 20.2 Å². The number of hydrogen-bond acceptors (Lipinski definition) is 3. The molecule has 126 valence electrons. The molecule has 0 bridgehead atoms. The van der Waals surface area contributed by atoms with E-state index < -0.39 is 6.10 Å². The van der Waals surface area contributed by atoms with E-state index in [0.717, 1.165) is 12.8 Å². The highest BCUT2D eigenvalue weighted by Gasteiger charge is 2.27. The van der Waals surface area contributed by atoms with Crippen LogP contribution < -0.4 is 5.32 Å². The van der Waals surface area contributed by atoms with Crippen LogP contribution in [0.25, 0.3) is 0 Å². The van der Waals surface area contributed by atoms with Crippen molar-refractivity contribution in [1.82, 2.24) is 10.2 Å². The highest BCUT2D eigenvalue weighted by molar-refractivity contribution is 5.87. The first-order valence-corrected chi connectivity index (χ1v) is 7.93. The van der Waals surface area contributed by atoms with E-state index >= 15 is 0 Å². The molecule has 1 saturated heterocycles. The average molecular weight is 322 g/mol. The van der Waals surface area contributed by atoms with Crippen LogP contribution in [0.15, 0.2) is 24.3 Å². The van der Waals surface area contributed by atoms with Gasteiger partial charge in [-0.05, 0) is 37.3 Å². The fourth-order valence-corrected chi connectivity index (χ4v) is 2.71. The third-order valence-corrected chi connectivity index (χ3v) is 4.02. The Hall–Kier alpha value is -1.95. The summed E-state index contributed by atoms with van der Waals surface area (Å²) in [5, 5.41) is 2.74. The van der Waals surface area contributed by atoms with Gasteiger partial charge in [0.2, 0.25) is 5.91 Å². The van der Waals surface area contributed by atoms with Gasteiger partial charge in [-0.3, -0.25) is 9.59 Å². The molecule has 1 N–H and O–H groups in total. The molecule has 23 heavy (non-hydrogen) atoms. The normalized spacial score (nSPS) is 18.6. The van der Waals surface area contributed by atoms with Crippen LogP contribution in [0.1, 0.15) is 24.8 Å². The van der Waals surface area contributed by atoms with Crippen LogP contribution in [0.5, 0.6) is 0 Å². The summed E-state index contributed by atoms with van der Waals surface area (Å²) in [6.07, 6.45) is 2.45. The molecule has 0 saturated carbocycles. The van der Waals surface area contributed by atoms with Crippen molar-refractivity contribution >= 4 is 11.8 Å². The summed E-state index contributed by atoms with van der Waals surface area (Å²) in [5.74, 6) is -0.631. The van der Waals surface area contributed by atoms with Gasteiger partial charge in [0.25, 0.3) is 5.91 Å². The van der Waals surface area contributed by atoms with Crippen molar-refractivity contribution in [2.75, 3.05) is 26.7 Å². The topological polar surface area (TPSA) is 58.6 Å². The van der Waals surface area contributed by atoms with E-state index in [1.54, 1.807) is 23.1 Å². The average Bonchev–Trinajstić information content (AvgIpc) is 2.71. The highest BCUT2D eigenvalue weighted by Crippen LogP contribution is 2.14. The Morgan fingerprint density at radius 3 is 2.91 bits per heavy atom. The van der Waals surface area contributed by atoms with Crippen LogP contribution in [-0.2, 0) is 20.7 Å². The fourth-order valence-electron chi connectivity index (χ4n) is 2.71. The van der Waals surface area contributed by atoms with Gasteiger partial charge < -0.3 is 15.0 Å². The Morgan fingerprint density at radius 1 is 1.39 bits per heavy atom. The minimum absolute atomic E-state index is 0.0238. The molecule has 1 fully saturated rings. The zero-order valence-corrected chi connectivity index (χ0v) is 13.4. The molecule has 1 aliphatic heterocycles. The molecular formula is C17H23FN2O3. The molecule has 1 aliphatic rings. The van der Waals surface area contributed by atoms with Crippen molar-refractivity contribution in [2.45, 2.75) is 31.8 Å². The molecule has 5 nitrogen and oxygen atoms in total. The fraction of sp³-hybridized carbons (Fsp3) is 0.529. The third kappa shape index (κ3) is 5.03. The number of carbonyl (C=O) groups is 2. The van der Waals surface area contributed by atoms with E-state index in [1.807, 2.05) is 0 Å². The molecule has 0 radical (unpaired) electrons. The van der Waals surface area contributed by atoms with Crippen molar-refractivity contribution in [3.05, 3.63) is 35.6 Å². The Morgan fingerprint density at radius 2 is 2.17 bits per heavy atom. The molecule has 2 rings (SSSR count). The molecule has 1 unspecified atom stereocenters. The van der Waals surface area contributed by atoms with Crippen molar-refractivity contribution in [1.29, 1.82) is 0 Å². The first-order valence-electron chi connectivity index (χ1n) is 7.93. The standard InChI is InChI=1S/C17H23FN2O3/c1-23-15-8-4-5-11-20(17(15)22)12-16(21)19-10-9-13-6-2-3-7-14(13)18/h2-3,6-7,15H,4-5,8-12H2,1H3,(H,19,21). The minimum Gasteiger partial charge on any atom is -0.372 e. The number of benzene rings is 1. The lowest BCUT2D eigenvalue weighted by molar-refractivity contribution is -0.144. The molecule has 1 aromatic carbocycles. The van der Waals surface area contributed by atoms with E-state index in [2.05, 4.69) is 5.32 Å². The van der Waals surface area contributed by atoms with Crippen molar-refractivity contribution in [3.8, 4) is 0 Å². The number of halogens is 1. The van der Waals surface area contributed by atoms with E-state index in [9.17, 15) is 14.0 Å². The summed E-state index contributed by atoms with van der Waals surface area (Å²) in [7, 11) is 1.51. The van der Waals surface area contributed by atoms with Crippen molar-refractivity contribution < 1.29 is 18.7 Å². The second-order valence-electron chi connectivity index (χ2n) is 5.67. The molecule has 0 aliphatic carbocycles. The number of methoxy groups -OCH3 is 1. The van der Waals surface area contributed by atoms with Gasteiger partial charge >= 0.3 is 0 Å². The Labute approximate surface area is 135 Å². The van der Waals surface area contributed by atoms with E-state index in [-0.39, 0.29) is 24.2 Å². The quantitative estimate of drug-likeness (QED) is 0.864. The monoisotopic (exact) mass is 322 g/mol. The van der Waals surface area contributed by atoms with Crippen molar-refractivity contribution in [2.24, 2.45) is 0 Å². The Kier molecular flexibility index (Phi) is 6.52. The summed E-state index contributed by atoms with van der Waals surface area (Å²) in [5.41, 5.74) is 0.568. The van der Waals surface area contributed by atoms with Gasteiger partial charge in [-0.25, -0.2) is 4.39 Å². The maximum Gasteiger partial charge on any atom is 0.252 e. The number of ether oxygens (including phenoxy) is 1. The predicted octanol–water partition coefficient (Wildman–Crippen LogP) is 1.51. The molecule has 6 heteroatoms. The predicted molar refractivity (Wildman–Crippen MR) is 84.3 cm³/mol. The van der Waals surface area contributed by atoms with Gasteiger partial charge in [-0.1, -0.05) is 18.2 Å².